The molecule has 0 saturated carbocycles. The number of aryl methyl sites for hydroxylation is 1. The highest BCUT2D eigenvalue weighted by atomic mass is 19.2. The highest BCUT2D eigenvalue weighted by Crippen LogP contribution is 2.24. The van der Waals surface area contributed by atoms with Gasteiger partial charge in [-0.3, -0.25) is 0 Å². The van der Waals surface area contributed by atoms with Crippen molar-refractivity contribution in [1.82, 2.24) is 4.57 Å². The molecular weight excluding hydrogens is 212 g/mol. The van der Waals surface area contributed by atoms with E-state index in [9.17, 15) is 13.9 Å². The Labute approximate surface area is 92.1 Å². The number of hydrogen-bond acceptors (Lipinski definition) is 1. The van der Waals surface area contributed by atoms with Crippen molar-refractivity contribution in [2.45, 2.75) is 26.5 Å². The Morgan fingerprint density at radius 2 is 2.06 bits per heavy atom. The molecule has 2 rings (SSSR count). The minimum absolute atomic E-state index is 0.212. The zero-order valence-electron chi connectivity index (χ0n) is 9.17. The number of hydrogen-bond donors (Lipinski definition) is 1. The molecule has 0 fully saturated rings. The molecule has 0 amide bonds. The van der Waals surface area contributed by atoms with Crippen LogP contribution < -0.4 is 0 Å². The molecule has 1 N–H and O–H groups in total. The number of benzene rings is 1. The van der Waals surface area contributed by atoms with Gasteiger partial charge in [0, 0.05) is 18.1 Å². The van der Waals surface area contributed by atoms with E-state index >= 15 is 0 Å². The molecule has 1 atom stereocenters. The van der Waals surface area contributed by atoms with Gasteiger partial charge in [-0.25, -0.2) is 8.78 Å². The van der Waals surface area contributed by atoms with E-state index in [1.807, 2.05) is 0 Å². The van der Waals surface area contributed by atoms with Gasteiger partial charge in [0.1, 0.15) is 0 Å². The first kappa shape index (κ1) is 11.1. The van der Waals surface area contributed by atoms with Crippen LogP contribution in [0.3, 0.4) is 0 Å². The topological polar surface area (TPSA) is 25.2 Å². The maximum absolute atomic E-state index is 13.7. The van der Waals surface area contributed by atoms with E-state index < -0.39 is 17.7 Å². The maximum Gasteiger partial charge on any atom is 0.183 e. The number of aromatic nitrogens is 1. The smallest absolute Gasteiger partial charge is 0.183 e. The maximum atomic E-state index is 13.7. The van der Waals surface area contributed by atoms with Crippen LogP contribution in [0.15, 0.2) is 18.3 Å². The minimum Gasteiger partial charge on any atom is -0.392 e. The van der Waals surface area contributed by atoms with Crippen LogP contribution in [-0.4, -0.2) is 15.8 Å². The highest BCUT2D eigenvalue weighted by molar-refractivity contribution is 5.81. The van der Waals surface area contributed by atoms with Crippen molar-refractivity contribution in [1.29, 1.82) is 0 Å². The van der Waals surface area contributed by atoms with Gasteiger partial charge in [0.15, 0.2) is 11.6 Å². The number of fused-ring (bicyclic) bond motifs is 1. The number of aliphatic hydroxyl groups is 1. The Hall–Kier alpha value is -1.42. The summed E-state index contributed by atoms with van der Waals surface area (Å²) >= 11 is 0. The molecule has 0 aliphatic carbocycles. The molecule has 1 aromatic heterocycles. The zero-order chi connectivity index (χ0) is 11.9. The van der Waals surface area contributed by atoms with Crippen molar-refractivity contribution in [2.24, 2.45) is 0 Å². The Bertz CT molecular complexity index is 531. The van der Waals surface area contributed by atoms with Crippen LogP contribution in [0.4, 0.5) is 8.78 Å². The molecule has 1 aromatic carbocycles. The van der Waals surface area contributed by atoms with Gasteiger partial charge in [-0.15, -0.1) is 0 Å². The Kier molecular flexibility index (Phi) is 2.68. The van der Waals surface area contributed by atoms with Crippen LogP contribution >= 0.6 is 0 Å². The van der Waals surface area contributed by atoms with E-state index in [0.29, 0.717) is 10.9 Å². The molecule has 1 heterocycles. The second kappa shape index (κ2) is 3.87. The van der Waals surface area contributed by atoms with Gasteiger partial charge in [0.25, 0.3) is 0 Å². The standard InChI is InChI=1S/C12H13F2NO/c1-7-5-9-3-4-15(6-8(2)16)12(9)11(14)10(7)13/h3-5,8,16H,6H2,1-2H3. The lowest BCUT2D eigenvalue weighted by Crippen LogP contribution is -2.11. The molecular formula is C12H13F2NO. The highest BCUT2D eigenvalue weighted by Gasteiger charge is 2.14. The SMILES string of the molecule is Cc1cc2ccn(CC(C)O)c2c(F)c1F. The van der Waals surface area contributed by atoms with Crippen LogP contribution in [0.2, 0.25) is 0 Å². The first-order chi connectivity index (χ1) is 7.50. The number of nitrogens with zero attached hydrogens (tertiary/aromatic N) is 1. The average molecular weight is 225 g/mol. The predicted octanol–water partition coefficient (Wildman–Crippen LogP) is 2.61. The van der Waals surface area contributed by atoms with Crippen LogP contribution in [0.25, 0.3) is 10.9 Å². The first-order valence-corrected chi connectivity index (χ1v) is 5.12. The molecule has 16 heavy (non-hydrogen) atoms. The summed E-state index contributed by atoms with van der Waals surface area (Å²) in [5, 5.41) is 9.91. The zero-order valence-corrected chi connectivity index (χ0v) is 9.17. The van der Waals surface area contributed by atoms with E-state index in [-0.39, 0.29) is 12.1 Å². The van der Waals surface area contributed by atoms with Gasteiger partial charge in [-0.2, -0.15) is 0 Å². The Balaban J connectivity index is 2.66. The third-order valence-corrected chi connectivity index (χ3v) is 2.57. The second-order valence-corrected chi connectivity index (χ2v) is 4.08. The lowest BCUT2D eigenvalue weighted by atomic mass is 10.1. The third-order valence-electron chi connectivity index (χ3n) is 2.57. The van der Waals surface area contributed by atoms with Gasteiger partial charge in [0.05, 0.1) is 11.6 Å². The quantitative estimate of drug-likeness (QED) is 0.835. The normalized spacial score (nSPS) is 13.3. The fraction of sp³-hybridized carbons (Fsp3) is 0.333. The molecule has 4 heteroatoms. The lowest BCUT2D eigenvalue weighted by molar-refractivity contribution is 0.175. The summed E-state index contributed by atoms with van der Waals surface area (Å²) in [6, 6.07) is 3.32. The monoisotopic (exact) mass is 225 g/mol. The summed E-state index contributed by atoms with van der Waals surface area (Å²) in [6.07, 6.45) is 1.05. The molecule has 0 bridgehead atoms. The predicted molar refractivity (Wildman–Crippen MR) is 58.3 cm³/mol. The molecule has 0 spiro atoms. The largest absolute Gasteiger partial charge is 0.392 e. The molecule has 0 saturated heterocycles. The molecule has 0 aliphatic rings. The van der Waals surface area contributed by atoms with Crippen molar-refractivity contribution >= 4 is 10.9 Å². The van der Waals surface area contributed by atoms with Crippen molar-refractivity contribution in [3.63, 3.8) is 0 Å². The second-order valence-electron chi connectivity index (χ2n) is 4.08. The third kappa shape index (κ3) is 1.69. The van der Waals surface area contributed by atoms with Crippen LogP contribution in [0.5, 0.6) is 0 Å². The average Bonchev–Trinajstić information content (AvgIpc) is 2.57. The Morgan fingerprint density at radius 1 is 1.38 bits per heavy atom. The van der Waals surface area contributed by atoms with E-state index in [2.05, 4.69) is 0 Å². The van der Waals surface area contributed by atoms with Crippen LogP contribution in [-0.2, 0) is 6.54 Å². The number of rotatable bonds is 2. The molecule has 0 radical (unpaired) electrons. The van der Waals surface area contributed by atoms with Gasteiger partial charge >= 0.3 is 0 Å². The van der Waals surface area contributed by atoms with Crippen molar-refractivity contribution < 1.29 is 13.9 Å². The molecule has 1 unspecified atom stereocenters. The van der Waals surface area contributed by atoms with Crippen LogP contribution in [0, 0.1) is 18.6 Å². The molecule has 86 valence electrons. The fourth-order valence-corrected chi connectivity index (χ4v) is 1.87. The van der Waals surface area contributed by atoms with E-state index in [1.165, 1.54) is 11.5 Å². The van der Waals surface area contributed by atoms with E-state index in [0.717, 1.165) is 0 Å². The summed E-state index contributed by atoms with van der Waals surface area (Å²) in [5.74, 6) is -1.67. The van der Waals surface area contributed by atoms with Crippen LogP contribution in [0.1, 0.15) is 12.5 Å². The summed E-state index contributed by atoms with van der Waals surface area (Å²) in [5.41, 5.74) is 0.504. The molecule has 2 aromatic rings. The molecule has 0 aliphatic heterocycles. The van der Waals surface area contributed by atoms with Crippen molar-refractivity contribution in [3.8, 4) is 0 Å². The summed E-state index contributed by atoms with van der Waals surface area (Å²) in [4.78, 5) is 0. The van der Waals surface area contributed by atoms with E-state index in [1.54, 1.807) is 25.3 Å². The number of aliphatic hydroxyl groups excluding tert-OH is 1. The van der Waals surface area contributed by atoms with Gasteiger partial charge in [-0.05, 0) is 31.5 Å². The number of halogens is 2. The first-order valence-electron chi connectivity index (χ1n) is 5.12. The summed E-state index contributed by atoms with van der Waals surface area (Å²) < 4.78 is 28.7. The minimum atomic E-state index is -0.847. The van der Waals surface area contributed by atoms with E-state index in [4.69, 9.17) is 0 Å². The molecule has 2 nitrogen and oxygen atoms in total. The van der Waals surface area contributed by atoms with Gasteiger partial charge in [0.2, 0.25) is 0 Å². The van der Waals surface area contributed by atoms with Gasteiger partial charge < -0.3 is 9.67 Å². The summed E-state index contributed by atoms with van der Waals surface area (Å²) in [6.45, 7) is 3.39. The lowest BCUT2D eigenvalue weighted by Gasteiger charge is -2.09. The van der Waals surface area contributed by atoms with Crippen molar-refractivity contribution in [2.75, 3.05) is 0 Å². The Morgan fingerprint density at radius 3 is 2.69 bits per heavy atom. The van der Waals surface area contributed by atoms with Crippen molar-refractivity contribution in [3.05, 3.63) is 35.5 Å². The summed E-state index contributed by atoms with van der Waals surface area (Å²) in [7, 11) is 0. The van der Waals surface area contributed by atoms with Gasteiger partial charge in [-0.1, -0.05) is 0 Å². The fourth-order valence-electron chi connectivity index (χ4n) is 1.87.